The predicted octanol–water partition coefficient (Wildman–Crippen LogP) is 4.03. The second-order valence-corrected chi connectivity index (χ2v) is 6.36. The highest BCUT2D eigenvalue weighted by molar-refractivity contribution is 5.89. The van der Waals surface area contributed by atoms with Gasteiger partial charge in [-0.2, -0.15) is 4.57 Å². The Morgan fingerprint density at radius 3 is 2.52 bits per heavy atom. The van der Waals surface area contributed by atoms with Crippen LogP contribution in [0, 0.1) is 0 Å². The van der Waals surface area contributed by atoms with Crippen LogP contribution < -0.4 is 4.57 Å². The van der Waals surface area contributed by atoms with E-state index in [0.717, 1.165) is 6.54 Å². The molecule has 1 nitrogen and oxygen atoms in total. The van der Waals surface area contributed by atoms with Crippen LogP contribution in [0.2, 0.25) is 0 Å². The molecule has 0 atom stereocenters. The molecule has 102 valence electrons. The molecule has 0 saturated carbocycles. The number of hydrogen-bond donors (Lipinski definition) is 0. The van der Waals surface area contributed by atoms with Crippen molar-refractivity contribution in [3.63, 3.8) is 0 Å². The van der Waals surface area contributed by atoms with E-state index >= 15 is 0 Å². The second-order valence-electron chi connectivity index (χ2n) is 6.36. The number of aryl methyl sites for hydroxylation is 1. The lowest BCUT2D eigenvalue weighted by molar-refractivity contribution is -0.672. The van der Waals surface area contributed by atoms with Crippen molar-refractivity contribution < 1.29 is 4.57 Å². The molecule has 5 rings (SSSR count). The molecule has 0 spiro atoms. The minimum absolute atomic E-state index is 1.03. The Balaban J connectivity index is 1.82. The number of aromatic nitrogens is 1. The van der Waals surface area contributed by atoms with Gasteiger partial charge in [0.15, 0.2) is 12.7 Å². The van der Waals surface area contributed by atoms with Gasteiger partial charge in [-0.05, 0) is 54.2 Å². The lowest BCUT2D eigenvalue weighted by Gasteiger charge is -2.15. The van der Waals surface area contributed by atoms with Crippen LogP contribution in [0.15, 0.2) is 48.7 Å². The molecule has 1 aliphatic carbocycles. The van der Waals surface area contributed by atoms with E-state index in [1.165, 1.54) is 53.3 Å². The first-order valence-corrected chi connectivity index (χ1v) is 7.96. The first-order chi connectivity index (χ1) is 10.4. The molecular formula is C20H18N+. The topological polar surface area (TPSA) is 3.88 Å². The van der Waals surface area contributed by atoms with E-state index in [0.29, 0.717) is 0 Å². The number of pyridine rings is 1. The van der Waals surface area contributed by atoms with Crippen LogP contribution >= 0.6 is 0 Å². The molecule has 1 heteroatoms. The Kier molecular flexibility index (Phi) is 2.29. The average Bonchev–Trinajstić information content (AvgIpc) is 2.90. The Morgan fingerprint density at radius 2 is 1.62 bits per heavy atom. The summed E-state index contributed by atoms with van der Waals surface area (Å²) in [5.41, 5.74) is 7.62. The Morgan fingerprint density at radius 1 is 0.810 bits per heavy atom. The highest BCUT2D eigenvalue weighted by Gasteiger charge is 2.31. The van der Waals surface area contributed by atoms with E-state index in [1.54, 1.807) is 11.1 Å². The van der Waals surface area contributed by atoms with Crippen molar-refractivity contribution in [1.82, 2.24) is 0 Å². The monoisotopic (exact) mass is 272 g/mol. The van der Waals surface area contributed by atoms with Crippen molar-refractivity contribution in [1.29, 1.82) is 0 Å². The number of hydrogen-bond acceptors (Lipinski definition) is 0. The van der Waals surface area contributed by atoms with Gasteiger partial charge in [0.2, 0.25) is 5.69 Å². The number of nitrogens with zero attached hydrogens (tertiary/aromatic N) is 1. The summed E-state index contributed by atoms with van der Waals surface area (Å²) in [5, 5.41) is 2.72. The summed E-state index contributed by atoms with van der Waals surface area (Å²) in [4.78, 5) is 0. The van der Waals surface area contributed by atoms with E-state index in [-0.39, 0.29) is 0 Å². The fourth-order valence-electron chi connectivity index (χ4n) is 4.08. The second kappa shape index (κ2) is 4.17. The maximum Gasteiger partial charge on any atom is 0.216 e. The van der Waals surface area contributed by atoms with E-state index in [2.05, 4.69) is 53.2 Å². The van der Waals surface area contributed by atoms with Gasteiger partial charge < -0.3 is 0 Å². The maximum absolute atomic E-state index is 2.45. The molecule has 0 bridgehead atoms. The van der Waals surface area contributed by atoms with Crippen LogP contribution in [-0.4, -0.2) is 0 Å². The van der Waals surface area contributed by atoms with Gasteiger partial charge in [-0.3, -0.25) is 0 Å². The summed E-state index contributed by atoms with van der Waals surface area (Å²) in [7, 11) is 0. The van der Waals surface area contributed by atoms with Crippen LogP contribution in [0.1, 0.15) is 29.5 Å². The largest absolute Gasteiger partial charge is 0.216 e. The summed E-state index contributed by atoms with van der Waals surface area (Å²) in [6.45, 7) is 1.03. The first-order valence-electron chi connectivity index (χ1n) is 7.96. The van der Waals surface area contributed by atoms with Crippen molar-refractivity contribution in [2.45, 2.75) is 32.2 Å². The number of rotatable bonds is 0. The lowest BCUT2D eigenvalue weighted by atomic mass is 9.88. The van der Waals surface area contributed by atoms with Crippen LogP contribution in [0.3, 0.4) is 0 Å². The third kappa shape index (κ3) is 1.61. The minimum Gasteiger partial charge on any atom is -0.194 e. The molecule has 3 aromatic rings. The molecular weight excluding hydrogens is 254 g/mol. The summed E-state index contributed by atoms with van der Waals surface area (Å²) >= 11 is 0. The summed E-state index contributed by atoms with van der Waals surface area (Å²) in [6, 6.07) is 15.9. The Hall–Kier alpha value is -2.15. The van der Waals surface area contributed by atoms with Gasteiger partial charge in [0.25, 0.3) is 0 Å². The number of fused-ring (bicyclic) bond motifs is 6. The lowest BCUT2D eigenvalue weighted by Crippen LogP contribution is -2.33. The van der Waals surface area contributed by atoms with Crippen LogP contribution in [0.5, 0.6) is 0 Å². The summed E-state index contributed by atoms with van der Waals surface area (Å²) in [6.07, 6.45) is 7.49. The van der Waals surface area contributed by atoms with Crippen LogP contribution in [0.4, 0.5) is 0 Å². The normalized spacial score (nSPS) is 15.6. The third-order valence-corrected chi connectivity index (χ3v) is 5.11. The Labute approximate surface area is 124 Å². The van der Waals surface area contributed by atoms with Crippen LogP contribution in [-0.2, 0) is 19.4 Å². The fraction of sp³-hybridized carbons (Fsp3) is 0.250. The summed E-state index contributed by atoms with van der Waals surface area (Å²) < 4.78 is 2.45. The summed E-state index contributed by atoms with van der Waals surface area (Å²) in [5.74, 6) is 0. The molecule has 1 aromatic heterocycles. The smallest absolute Gasteiger partial charge is 0.194 e. The van der Waals surface area contributed by atoms with Crippen LogP contribution in [0.25, 0.3) is 22.0 Å². The standard InChI is InChI=1S/C20H18N/c1-2-7-16-12-19-17(11-15(16)6-1)13-21-10-9-14-5-3-4-8-18(14)20(19)21/h1-2,6-7,9-12H,3-5,8,13H2/q+1. The quantitative estimate of drug-likeness (QED) is 0.425. The maximum atomic E-state index is 2.45. The fourth-order valence-corrected chi connectivity index (χ4v) is 4.08. The van der Waals surface area contributed by atoms with E-state index < -0.39 is 0 Å². The van der Waals surface area contributed by atoms with Gasteiger partial charge in [0.1, 0.15) is 0 Å². The van der Waals surface area contributed by atoms with Crippen molar-refractivity contribution >= 4 is 10.8 Å². The Bertz CT molecular complexity index is 876. The van der Waals surface area contributed by atoms with Crippen molar-refractivity contribution in [3.8, 4) is 11.3 Å². The zero-order chi connectivity index (χ0) is 13.8. The highest BCUT2D eigenvalue weighted by Crippen LogP contribution is 2.36. The molecule has 2 heterocycles. The van der Waals surface area contributed by atoms with Gasteiger partial charge in [-0.15, -0.1) is 0 Å². The van der Waals surface area contributed by atoms with Gasteiger partial charge >= 0.3 is 0 Å². The molecule has 0 radical (unpaired) electrons. The number of benzene rings is 2. The zero-order valence-corrected chi connectivity index (χ0v) is 12.1. The van der Waals surface area contributed by atoms with Gasteiger partial charge in [-0.1, -0.05) is 24.3 Å². The molecule has 0 amide bonds. The molecule has 2 aliphatic rings. The zero-order valence-electron chi connectivity index (χ0n) is 12.1. The van der Waals surface area contributed by atoms with Gasteiger partial charge in [0, 0.05) is 17.2 Å². The van der Waals surface area contributed by atoms with E-state index in [4.69, 9.17) is 0 Å². The molecule has 2 aromatic carbocycles. The third-order valence-electron chi connectivity index (χ3n) is 5.11. The molecule has 0 saturated heterocycles. The van der Waals surface area contributed by atoms with Gasteiger partial charge in [-0.25, -0.2) is 0 Å². The molecule has 21 heavy (non-hydrogen) atoms. The van der Waals surface area contributed by atoms with Crippen molar-refractivity contribution in [3.05, 3.63) is 65.4 Å². The molecule has 1 aliphatic heterocycles. The minimum atomic E-state index is 1.03. The predicted molar refractivity (Wildman–Crippen MR) is 85.3 cm³/mol. The highest BCUT2D eigenvalue weighted by atomic mass is 15.0. The SMILES string of the molecule is c1ccc2cc3c(cc2c1)C[n+]1ccc2c(c1-3)CCCC2. The molecule has 0 N–H and O–H groups in total. The average molecular weight is 272 g/mol. The molecule has 0 unspecified atom stereocenters. The van der Waals surface area contributed by atoms with Gasteiger partial charge in [0.05, 0.1) is 5.56 Å². The van der Waals surface area contributed by atoms with Crippen molar-refractivity contribution in [2.75, 3.05) is 0 Å². The van der Waals surface area contributed by atoms with E-state index in [9.17, 15) is 0 Å². The van der Waals surface area contributed by atoms with Crippen molar-refractivity contribution in [2.24, 2.45) is 0 Å². The van der Waals surface area contributed by atoms with E-state index in [1.807, 2.05) is 0 Å². The first kappa shape index (κ1) is 11.5. The molecule has 0 fully saturated rings.